The van der Waals surface area contributed by atoms with Gasteiger partial charge in [0.25, 0.3) is 0 Å². The summed E-state index contributed by atoms with van der Waals surface area (Å²) in [6, 6.07) is 1.90. The Balaban J connectivity index is 2.23. The third-order valence-electron chi connectivity index (χ3n) is 5.96. The van der Waals surface area contributed by atoms with Crippen molar-refractivity contribution < 1.29 is 35.8 Å². The fourth-order valence-corrected chi connectivity index (χ4v) is 7.44. The van der Waals surface area contributed by atoms with Crippen LogP contribution in [0.4, 0.5) is 26.3 Å². The molecule has 33 heavy (non-hydrogen) atoms. The molecular weight excluding hydrogens is 465 g/mol. The predicted octanol–water partition coefficient (Wildman–Crippen LogP) is 6.63. The fraction of sp³-hybridized carbons (Fsp3) is 0.417. The van der Waals surface area contributed by atoms with Gasteiger partial charge in [-0.1, -0.05) is 44.4 Å². The predicted molar refractivity (Wildman–Crippen MR) is 118 cm³/mol. The molecule has 0 fully saturated rings. The summed E-state index contributed by atoms with van der Waals surface area (Å²) in [6.07, 6.45) is 0.381. The van der Waals surface area contributed by atoms with Crippen LogP contribution in [0.1, 0.15) is 25.0 Å². The zero-order valence-corrected chi connectivity index (χ0v) is 19.4. The maximum atomic E-state index is 13.6. The van der Waals surface area contributed by atoms with Gasteiger partial charge < -0.3 is 9.47 Å². The van der Waals surface area contributed by atoms with Gasteiger partial charge in [-0.25, -0.2) is 0 Å². The number of benzene rings is 1. The van der Waals surface area contributed by atoms with Gasteiger partial charge in [0.2, 0.25) is 0 Å². The van der Waals surface area contributed by atoms with Gasteiger partial charge in [-0.05, 0) is 48.5 Å². The molecule has 1 aromatic rings. The van der Waals surface area contributed by atoms with E-state index < -0.39 is 31.4 Å². The number of ether oxygens (including phenoxy) is 2. The van der Waals surface area contributed by atoms with Crippen molar-refractivity contribution in [2.45, 2.75) is 49.7 Å². The zero-order chi connectivity index (χ0) is 24.6. The molecule has 180 valence electrons. The first-order valence-corrected chi connectivity index (χ1v) is 11.8. The second-order valence-electron chi connectivity index (χ2n) is 7.92. The molecule has 0 heterocycles. The number of rotatable bonds is 7. The van der Waals surface area contributed by atoms with E-state index in [2.05, 4.69) is 0 Å². The van der Waals surface area contributed by atoms with E-state index in [4.69, 9.17) is 9.47 Å². The lowest BCUT2D eigenvalue weighted by Crippen LogP contribution is -2.29. The van der Waals surface area contributed by atoms with Gasteiger partial charge in [0.15, 0.2) is 0 Å². The normalized spacial score (nSPS) is 23.5. The molecule has 0 saturated carbocycles. The topological polar surface area (TPSA) is 18.5 Å². The Morgan fingerprint density at radius 2 is 1.12 bits per heavy atom. The highest BCUT2D eigenvalue weighted by Crippen LogP contribution is 2.56. The Morgan fingerprint density at radius 3 is 1.45 bits per heavy atom. The van der Waals surface area contributed by atoms with Crippen molar-refractivity contribution in [3.63, 3.8) is 0 Å². The maximum absolute atomic E-state index is 13.6. The highest BCUT2D eigenvalue weighted by molar-refractivity contribution is 7.68. The molecule has 0 amide bonds. The van der Waals surface area contributed by atoms with Crippen LogP contribution in [0.15, 0.2) is 65.8 Å². The molecule has 3 rings (SSSR count). The van der Waals surface area contributed by atoms with E-state index >= 15 is 0 Å². The van der Waals surface area contributed by atoms with Crippen LogP contribution in [0.2, 0.25) is 0 Å². The lowest BCUT2D eigenvalue weighted by Gasteiger charge is -2.35. The van der Waals surface area contributed by atoms with Gasteiger partial charge in [0, 0.05) is 25.5 Å². The summed E-state index contributed by atoms with van der Waals surface area (Å²) in [5.74, 6) is 0. The van der Waals surface area contributed by atoms with Crippen LogP contribution in [0.25, 0.3) is 0 Å². The number of hydrogen-bond donors (Lipinski definition) is 0. The van der Waals surface area contributed by atoms with Gasteiger partial charge in [-0.3, -0.25) is 0 Å². The quantitative estimate of drug-likeness (QED) is 0.316. The molecule has 1 aromatic carbocycles. The van der Waals surface area contributed by atoms with Crippen molar-refractivity contribution in [1.29, 1.82) is 0 Å². The second-order valence-corrected chi connectivity index (χ2v) is 10.4. The van der Waals surface area contributed by atoms with Gasteiger partial charge >= 0.3 is 12.4 Å². The lowest BCUT2D eigenvalue weighted by molar-refractivity contribution is -0.142. The van der Waals surface area contributed by atoms with Crippen LogP contribution in [0.5, 0.6) is 0 Å². The minimum absolute atomic E-state index is 0.0312. The molecule has 2 aliphatic rings. The minimum atomic E-state index is -4.91. The minimum Gasteiger partial charge on any atom is -0.377 e. The molecule has 2 aliphatic carbocycles. The average molecular weight is 490 g/mol. The molecule has 0 N–H and O–H groups in total. The summed E-state index contributed by atoms with van der Waals surface area (Å²) in [7, 11) is 1.42. The summed E-state index contributed by atoms with van der Waals surface area (Å²) in [4.78, 5) is 0. The molecular formula is C24H25F6O2P. The van der Waals surface area contributed by atoms with E-state index in [0.717, 1.165) is 23.3 Å². The molecule has 0 aliphatic heterocycles. The number of alkyl halides is 6. The number of allylic oxidation sites excluding steroid dienone is 6. The van der Waals surface area contributed by atoms with Gasteiger partial charge in [0.05, 0.1) is 23.3 Å². The average Bonchev–Trinajstić information content (AvgIpc) is 3.42. The third kappa shape index (κ3) is 5.44. The van der Waals surface area contributed by atoms with E-state index in [1.54, 1.807) is 12.2 Å². The van der Waals surface area contributed by atoms with Crippen LogP contribution >= 0.6 is 7.92 Å². The third-order valence-corrected chi connectivity index (χ3v) is 8.96. The highest BCUT2D eigenvalue weighted by Gasteiger charge is 2.41. The number of halogens is 6. The van der Waals surface area contributed by atoms with Crippen LogP contribution < -0.4 is 5.30 Å². The Labute approximate surface area is 190 Å². The molecule has 0 aromatic heterocycles. The zero-order valence-electron chi connectivity index (χ0n) is 18.5. The molecule has 2 unspecified atom stereocenters. The molecule has 2 nitrogen and oxygen atoms in total. The first-order valence-electron chi connectivity index (χ1n) is 10.3. The largest absolute Gasteiger partial charge is 0.416 e. The summed E-state index contributed by atoms with van der Waals surface area (Å²) in [6.45, 7) is 3.62. The summed E-state index contributed by atoms with van der Waals surface area (Å²) in [5, 5.41) is 0.0312. The highest BCUT2D eigenvalue weighted by atomic mass is 31.1. The van der Waals surface area contributed by atoms with Gasteiger partial charge in [-0.2, -0.15) is 26.3 Å². The van der Waals surface area contributed by atoms with Crippen molar-refractivity contribution >= 4 is 13.2 Å². The van der Waals surface area contributed by atoms with E-state index in [1.807, 2.05) is 38.2 Å². The Bertz CT molecular complexity index is 915. The Morgan fingerprint density at radius 1 is 0.727 bits per heavy atom. The standard InChI is InChI=1S/C24H25F6O2P/c1-14(31-3)19-7-5-9-21(19)33(22-10-6-8-20(22)15(2)32-4)18-12-16(23(25,26)27)11-17(13-18)24(28,29)30/h5-15,21-22H,1-4H3/t14-,15-,21?,22?,33?/m0/s1. The first-order chi connectivity index (χ1) is 15.4. The van der Waals surface area contributed by atoms with Crippen molar-refractivity contribution in [3.05, 3.63) is 76.9 Å². The Kier molecular flexibility index (Phi) is 7.62. The Hall–Kier alpha value is -1.89. The summed E-state index contributed by atoms with van der Waals surface area (Å²) < 4.78 is 92.6. The van der Waals surface area contributed by atoms with Crippen LogP contribution in [-0.2, 0) is 21.8 Å². The fourth-order valence-electron chi connectivity index (χ4n) is 4.08. The SMILES string of the molecule is CO[C@@H](C)C1=CC=CC1P(c1cc(C(F)(F)F)cc(C(F)(F)F)c1)C1C=CC=C1[C@H](C)OC. The summed E-state index contributed by atoms with van der Waals surface area (Å²) >= 11 is 0. The second kappa shape index (κ2) is 9.77. The van der Waals surface area contributed by atoms with Crippen molar-refractivity contribution in [3.8, 4) is 0 Å². The molecule has 4 atom stereocenters. The van der Waals surface area contributed by atoms with Crippen LogP contribution in [0.3, 0.4) is 0 Å². The van der Waals surface area contributed by atoms with Crippen LogP contribution in [0, 0.1) is 0 Å². The number of hydrogen-bond acceptors (Lipinski definition) is 2. The summed E-state index contributed by atoms with van der Waals surface area (Å²) in [5.41, 5.74) is -1.75. The molecule has 0 bridgehead atoms. The van der Waals surface area contributed by atoms with Crippen LogP contribution in [-0.4, -0.2) is 37.7 Å². The molecule has 9 heteroatoms. The molecule has 0 radical (unpaired) electrons. The first kappa shape index (κ1) is 25.7. The molecule has 0 saturated heterocycles. The van der Waals surface area contributed by atoms with Gasteiger partial charge in [0.1, 0.15) is 0 Å². The monoisotopic (exact) mass is 490 g/mol. The maximum Gasteiger partial charge on any atom is 0.416 e. The van der Waals surface area contributed by atoms with E-state index in [-0.39, 0.29) is 34.9 Å². The van der Waals surface area contributed by atoms with Gasteiger partial charge in [-0.15, -0.1) is 0 Å². The van der Waals surface area contributed by atoms with E-state index in [1.165, 1.54) is 14.2 Å². The molecule has 0 spiro atoms. The number of methoxy groups -OCH3 is 2. The van der Waals surface area contributed by atoms with Crippen molar-refractivity contribution in [2.75, 3.05) is 14.2 Å². The van der Waals surface area contributed by atoms with Crippen molar-refractivity contribution in [1.82, 2.24) is 0 Å². The van der Waals surface area contributed by atoms with E-state index in [0.29, 0.717) is 0 Å². The van der Waals surface area contributed by atoms with E-state index in [9.17, 15) is 26.3 Å². The smallest absolute Gasteiger partial charge is 0.377 e. The lowest BCUT2D eigenvalue weighted by atomic mass is 10.1. The van der Waals surface area contributed by atoms with Crippen molar-refractivity contribution in [2.24, 2.45) is 0 Å².